The van der Waals surface area contributed by atoms with Gasteiger partial charge in [-0.25, -0.2) is 4.98 Å². The van der Waals surface area contributed by atoms with Crippen molar-refractivity contribution in [3.05, 3.63) is 71.2 Å². The molecule has 1 atom stereocenters. The van der Waals surface area contributed by atoms with Gasteiger partial charge in [-0.3, -0.25) is 4.79 Å². The van der Waals surface area contributed by atoms with Crippen LogP contribution in [0.4, 0.5) is 5.69 Å². The number of carbonyl (C=O) groups excluding carboxylic acids is 1. The highest BCUT2D eigenvalue weighted by Gasteiger charge is 2.30. The zero-order chi connectivity index (χ0) is 17.9. The van der Waals surface area contributed by atoms with E-state index in [2.05, 4.69) is 30.5 Å². The Labute approximate surface area is 162 Å². The zero-order valence-electron chi connectivity index (χ0n) is 14.6. The first-order valence-electron chi connectivity index (χ1n) is 8.70. The second kappa shape index (κ2) is 7.64. The van der Waals surface area contributed by atoms with Crippen molar-refractivity contribution in [2.75, 3.05) is 10.7 Å². The fourth-order valence-electron chi connectivity index (χ4n) is 3.34. The lowest BCUT2D eigenvalue weighted by atomic mass is 10.1. The first-order chi connectivity index (χ1) is 12.7. The molecule has 4 rings (SSSR count). The molecule has 132 valence electrons. The van der Waals surface area contributed by atoms with Gasteiger partial charge < -0.3 is 4.90 Å². The van der Waals surface area contributed by atoms with Crippen molar-refractivity contribution < 1.29 is 4.79 Å². The molecule has 0 N–H and O–H groups in total. The Kier molecular flexibility index (Phi) is 5.09. The van der Waals surface area contributed by atoms with E-state index in [1.165, 1.54) is 5.56 Å². The van der Waals surface area contributed by atoms with Gasteiger partial charge in [0.15, 0.2) is 0 Å². The molecule has 3 nitrogen and oxygen atoms in total. The van der Waals surface area contributed by atoms with Crippen LogP contribution in [0.5, 0.6) is 0 Å². The summed E-state index contributed by atoms with van der Waals surface area (Å²) >= 11 is 3.30. The fourth-order valence-corrected chi connectivity index (χ4v) is 5.05. The van der Waals surface area contributed by atoms with E-state index < -0.39 is 0 Å². The van der Waals surface area contributed by atoms with Gasteiger partial charge >= 0.3 is 0 Å². The van der Waals surface area contributed by atoms with Crippen LogP contribution in [-0.2, 0) is 17.0 Å². The number of amides is 1. The highest BCUT2D eigenvalue weighted by atomic mass is 32.2. The van der Waals surface area contributed by atoms with E-state index in [9.17, 15) is 4.79 Å². The Morgan fingerprint density at radius 3 is 2.81 bits per heavy atom. The van der Waals surface area contributed by atoms with Crippen molar-refractivity contribution in [1.29, 1.82) is 0 Å². The van der Waals surface area contributed by atoms with Crippen LogP contribution in [-0.4, -0.2) is 22.7 Å². The SMILES string of the molecule is C[C@@H]1Cc2ccccc2N1C(=O)CSCc1csc(-c2ccccc2)n1. The van der Waals surface area contributed by atoms with Crippen LogP contribution in [0.2, 0.25) is 0 Å². The summed E-state index contributed by atoms with van der Waals surface area (Å²) in [7, 11) is 0. The molecule has 0 fully saturated rings. The van der Waals surface area contributed by atoms with Crippen LogP contribution in [0.3, 0.4) is 0 Å². The lowest BCUT2D eigenvalue weighted by Crippen LogP contribution is -2.37. The van der Waals surface area contributed by atoms with Crippen molar-refractivity contribution in [2.24, 2.45) is 0 Å². The molecule has 1 aliphatic rings. The van der Waals surface area contributed by atoms with Crippen LogP contribution in [0.15, 0.2) is 60.0 Å². The molecule has 0 saturated carbocycles. The maximum Gasteiger partial charge on any atom is 0.237 e. The van der Waals surface area contributed by atoms with E-state index in [-0.39, 0.29) is 11.9 Å². The number of nitrogens with zero attached hydrogens (tertiary/aromatic N) is 2. The largest absolute Gasteiger partial charge is 0.308 e. The molecule has 0 unspecified atom stereocenters. The van der Waals surface area contributed by atoms with E-state index in [4.69, 9.17) is 4.98 Å². The maximum atomic E-state index is 12.7. The first kappa shape index (κ1) is 17.3. The third kappa shape index (κ3) is 3.55. The Bertz CT molecular complexity index is 907. The Balaban J connectivity index is 1.35. The molecule has 5 heteroatoms. The molecule has 2 aromatic carbocycles. The van der Waals surface area contributed by atoms with Gasteiger partial charge in [-0.1, -0.05) is 48.5 Å². The number of aromatic nitrogens is 1. The molecular formula is C21H20N2OS2. The number of carbonyl (C=O) groups is 1. The molecule has 0 spiro atoms. The first-order valence-corrected chi connectivity index (χ1v) is 10.7. The number of hydrogen-bond donors (Lipinski definition) is 0. The summed E-state index contributed by atoms with van der Waals surface area (Å²) < 4.78 is 0. The number of anilines is 1. The van der Waals surface area contributed by atoms with Gasteiger partial charge in [0.05, 0.1) is 11.4 Å². The molecular weight excluding hydrogens is 360 g/mol. The van der Waals surface area contributed by atoms with Crippen LogP contribution >= 0.6 is 23.1 Å². The minimum Gasteiger partial charge on any atom is -0.308 e. The lowest BCUT2D eigenvalue weighted by Gasteiger charge is -2.22. The number of para-hydroxylation sites is 1. The van der Waals surface area contributed by atoms with E-state index >= 15 is 0 Å². The number of rotatable bonds is 5. The van der Waals surface area contributed by atoms with E-state index in [0.717, 1.165) is 34.1 Å². The van der Waals surface area contributed by atoms with Crippen LogP contribution < -0.4 is 4.90 Å². The minimum absolute atomic E-state index is 0.186. The standard InChI is InChI=1S/C21H20N2OS2/c1-15-11-17-9-5-6-10-19(17)23(15)20(24)14-25-12-18-13-26-21(22-18)16-7-3-2-4-8-16/h2-10,13,15H,11-12,14H2,1H3/t15-/m1/s1. The number of thiazole rings is 1. The average Bonchev–Trinajstić information content (AvgIpc) is 3.26. The van der Waals surface area contributed by atoms with E-state index in [0.29, 0.717) is 5.75 Å². The van der Waals surface area contributed by atoms with Crippen molar-refractivity contribution >= 4 is 34.7 Å². The van der Waals surface area contributed by atoms with Crippen LogP contribution in [0, 0.1) is 0 Å². The van der Waals surface area contributed by atoms with Crippen molar-refractivity contribution in [1.82, 2.24) is 4.98 Å². The average molecular weight is 381 g/mol. The molecule has 1 amide bonds. The second-order valence-corrected chi connectivity index (χ2v) is 8.29. The van der Waals surface area contributed by atoms with Crippen molar-refractivity contribution in [3.63, 3.8) is 0 Å². The number of fused-ring (bicyclic) bond motifs is 1. The van der Waals surface area contributed by atoms with Gasteiger partial charge in [0.25, 0.3) is 0 Å². The van der Waals surface area contributed by atoms with E-state index in [1.54, 1.807) is 23.1 Å². The van der Waals surface area contributed by atoms with Crippen molar-refractivity contribution in [2.45, 2.75) is 25.1 Å². The zero-order valence-corrected chi connectivity index (χ0v) is 16.2. The van der Waals surface area contributed by atoms with Gasteiger partial charge in [-0.2, -0.15) is 0 Å². The summed E-state index contributed by atoms with van der Waals surface area (Å²) in [5.74, 6) is 1.43. The molecule has 0 bridgehead atoms. The molecule has 1 aromatic heterocycles. The molecule has 3 aromatic rings. The molecule has 0 aliphatic carbocycles. The summed E-state index contributed by atoms with van der Waals surface area (Å²) in [6.45, 7) is 2.12. The number of hydrogen-bond acceptors (Lipinski definition) is 4. The van der Waals surface area contributed by atoms with Gasteiger partial charge in [-0.15, -0.1) is 23.1 Å². The lowest BCUT2D eigenvalue weighted by molar-refractivity contribution is -0.116. The predicted octanol–water partition coefficient (Wildman–Crippen LogP) is 5.02. The van der Waals surface area contributed by atoms with Crippen LogP contribution in [0.25, 0.3) is 10.6 Å². The Morgan fingerprint density at radius 1 is 1.19 bits per heavy atom. The third-order valence-corrected chi connectivity index (χ3v) is 6.42. The second-order valence-electron chi connectivity index (χ2n) is 6.45. The third-order valence-electron chi connectivity index (χ3n) is 4.52. The fraction of sp³-hybridized carbons (Fsp3) is 0.238. The Hall–Kier alpha value is -2.11. The van der Waals surface area contributed by atoms with Gasteiger partial charge in [0.1, 0.15) is 5.01 Å². The topological polar surface area (TPSA) is 33.2 Å². The van der Waals surface area contributed by atoms with Gasteiger partial charge in [0, 0.05) is 28.4 Å². The molecule has 26 heavy (non-hydrogen) atoms. The predicted molar refractivity (Wildman–Crippen MR) is 111 cm³/mol. The highest BCUT2D eigenvalue weighted by Crippen LogP contribution is 2.32. The summed E-state index contributed by atoms with van der Waals surface area (Å²) in [6.07, 6.45) is 0.944. The van der Waals surface area contributed by atoms with E-state index in [1.807, 2.05) is 41.3 Å². The summed E-state index contributed by atoms with van der Waals surface area (Å²) in [5.41, 5.74) is 4.53. The normalized spacial score (nSPS) is 15.9. The summed E-state index contributed by atoms with van der Waals surface area (Å²) in [4.78, 5) is 19.4. The number of benzene rings is 2. The van der Waals surface area contributed by atoms with Gasteiger partial charge in [0.2, 0.25) is 5.91 Å². The minimum atomic E-state index is 0.186. The molecule has 0 radical (unpaired) electrons. The van der Waals surface area contributed by atoms with Crippen LogP contribution in [0.1, 0.15) is 18.2 Å². The molecule has 1 aliphatic heterocycles. The quantitative estimate of drug-likeness (QED) is 0.623. The van der Waals surface area contributed by atoms with Crippen molar-refractivity contribution in [3.8, 4) is 10.6 Å². The Morgan fingerprint density at radius 2 is 1.96 bits per heavy atom. The summed E-state index contributed by atoms with van der Waals surface area (Å²) in [6, 6.07) is 18.7. The molecule has 0 saturated heterocycles. The number of thioether (sulfide) groups is 1. The monoisotopic (exact) mass is 380 g/mol. The molecule has 2 heterocycles. The summed E-state index contributed by atoms with van der Waals surface area (Å²) in [5, 5.41) is 3.13. The smallest absolute Gasteiger partial charge is 0.237 e. The maximum absolute atomic E-state index is 12.7. The highest BCUT2D eigenvalue weighted by molar-refractivity contribution is 7.99. The van der Waals surface area contributed by atoms with Gasteiger partial charge in [-0.05, 0) is 25.0 Å².